The Morgan fingerprint density at radius 3 is 3.08 bits per heavy atom. The molecule has 2 rings (SSSR count). The molecular weight excluding hydrogens is 164 g/mol. The van der Waals surface area contributed by atoms with Crippen molar-refractivity contribution in [3.05, 3.63) is 24.5 Å². The summed E-state index contributed by atoms with van der Waals surface area (Å²) in [6, 6.07) is 3.82. The average molecular weight is 178 g/mol. The predicted octanol–water partition coefficient (Wildman–Crippen LogP) is 1.17. The van der Waals surface area contributed by atoms with Gasteiger partial charge in [0.1, 0.15) is 5.75 Å². The molecule has 0 radical (unpaired) electrons. The van der Waals surface area contributed by atoms with Crippen LogP contribution in [0.25, 0.3) is 0 Å². The van der Waals surface area contributed by atoms with Crippen molar-refractivity contribution in [1.82, 2.24) is 9.88 Å². The van der Waals surface area contributed by atoms with Crippen molar-refractivity contribution in [2.75, 3.05) is 26.2 Å². The lowest BCUT2D eigenvalue weighted by atomic mass is 10.4. The van der Waals surface area contributed by atoms with Gasteiger partial charge in [0, 0.05) is 25.8 Å². The molecule has 1 aliphatic rings. The normalized spacial score (nSPS) is 15.7. The smallest absolute Gasteiger partial charge is 0.137 e. The lowest BCUT2D eigenvalue weighted by Crippen LogP contribution is -2.05. The Bertz CT molecular complexity index is 246. The van der Waals surface area contributed by atoms with Crippen molar-refractivity contribution in [1.29, 1.82) is 0 Å². The maximum absolute atomic E-state index is 5.50. The summed E-state index contributed by atoms with van der Waals surface area (Å²) < 4.78 is 5.50. The molecule has 0 unspecified atom stereocenters. The molecule has 1 aromatic heterocycles. The molecule has 3 nitrogen and oxygen atoms in total. The fourth-order valence-electron chi connectivity index (χ4n) is 1.20. The molecule has 0 bridgehead atoms. The molecule has 0 aromatic carbocycles. The number of rotatable bonds is 5. The van der Waals surface area contributed by atoms with E-state index in [0.717, 1.165) is 18.8 Å². The first-order chi connectivity index (χ1) is 6.45. The fourth-order valence-corrected chi connectivity index (χ4v) is 1.20. The standard InChI is InChI=1S/C10H14N2O/c1-3-10(9-11-4-1)13-8-2-5-12-6-7-12/h1,3-4,9H,2,5-8H2. The number of hydrogen-bond donors (Lipinski definition) is 0. The molecule has 2 heterocycles. The number of ether oxygens (including phenoxy) is 1. The lowest BCUT2D eigenvalue weighted by Gasteiger charge is -2.04. The van der Waals surface area contributed by atoms with Crippen LogP contribution in [0.3, 0.4) is 0 Å². The van der Waals surface area contributed by atoms with Gasteiger partial charge in [-0.3, -0.25) is 4.98 Å². The minimum atomic E-state index is 0.794. The first-order valence-electron chi connectivity index (χ1n) is 4.70. The summed E-state index contributed by atoms with van der Waals surface area (Å²) in [4.78, 5) is 6.37. The van der Waals surface area contributed by atoms with Crippen LogP contribution < -0.4 is 4.74 Å². The Morgan fingerprint density at radius 1 is 1.46 bits per heavy atom. The van der Waals surface area contributed by atoms with E-state index >= 15 is 0 Å². The summed E-state index contributed by atoms with van der Waals surface area (Å²) in [6.07, 6.45) is 4.61. The highest BCUT2D eigenvalue weighted by Gasteiger charge is 2.15. The van der Waals surface area contributed by atoms with Crippen LogP contribution in [0.5, 0.6) is 5.75 Å². The van der Waals surface area contributed by atoms with Gasteiger partial charge in [-0.2, -0.15) is 0 Å². The maximum Gasteiger partial charge on any atom is 0.137 e. The van der Waals surface area contributed by atoms with Crippen LogP contribution in [0.2, 0.25) is 0 Å². The minimum Gasteiger partial charge on any atom is -0.492 e. The molecule has 0 aliphatic carbocycles. The molecule has 0 saturated carbocycles. The Balaban J connectivity index is 1.61. The Hall–Kier alpha value is -1.09. The van der Waals surface area contributed by atoms with Crippen LogP contribution in [-0.4, -0.2) is 36.1 Å². The zero-order valence-corrected chi connectivity index (χ0v) is 7.65. The Labute approximate surface area is 78.3 Å². The van der Waals surface area contributed by atoms with Crippen LogP contribution >= 0.6 is 0 Å². The van der Waals surface area contributed by atoms with Crippen molar-refractivity contribution in [2.24, 2.45) is 0 Å². The molecule has 70 valence electrons. The van der Waals surface area contributed by atoms with E-state index in [4.69, 9.17) is 4.74 Å². The molecule has 0 spiro atoms. The predicted molar refractivity (Wildman–Crippen MR) is 50.8 cm³/mol. The first kappa shape index (κ1) is 8.51. The van der Waals surface area contributed by atoms with E-state index in [0.29, 0.717) is 0 Å². The largest absolute Gasteiger partial charge is 0.492 e. The van der Waals surface area contributed by atoms with Gasteiger partial charge in [-0.15, -0.1) is 0 Å². The Kier molecular flexibility index (Phi) is 2.77. The molecular formula is C10H14N2O. The van der Waals surface area contributed by atoms with Gasteiger partial charge >= 0.3 is 0 Å². The highest BCUT2D eigenvalue weighted by atomic mass is 16.5. The van der Waals surface area contributed by atoms with E-state index in [2.05, 4.69) is 9.88 Å². The van der Waals surface area contributed by atoms with Crippen molar-refractivity contribution in [3.8, 4) is 5.75 Å². The molecule has 1 aliphatic heterocycles. The maximum atomic E-state index is 5.50. The van der Waals surface area contributed by atoms with Gasteiger partial charge < -0.3 is 9.64 Å². The molecule has 1 fully saturated rings. The van der Waals surface area contributed by atoms with E-state index < -0.39 is 0 Å². The number of aromatic nitrogens is 1. The third kappa shape index (κ3) is 3.03. The lowest BCUT2D eigenvalue weighted by molar-refractivity contribution is 0.298. The van der Waals surface area contributed by atoms with E-state index in [9.17, 15) is 0 Å². The molecule has 0 amide bonds. The van der Waals surface area contributed by atoms with Gasteiger partial charge in [-0.1, -0.05) is 0 Å². The SMILES string of the molecule is c1cncc(OCCCN2CC2)c1. The number of pyridine rings is 1. The third-order valence-corrected chi connectivity index (χ3v) is 2.06. The zero-order valence-electron chi connectivity index (χ0n) is 7.65. The van der Waals surface area contributed by atoms with Crippen LogP contribution in [0, 0.1) is 0 Å². The summed E-state index contributed by atoms with van der Waals surface area (Å²) in [5.41, 5.74) is 0. The highest BCUT2D eigenvalue weighted by molar-refractivity contribution is 5.15. The zero-order chi connectivity index (χ0) is 8.93. The van der Waals surface area contributed by atoms with Gasteiger partial charge in [0.2, 0.25) is 0 Å². The molecule has 13 heavy (non-hydrogen) atoms. The van der Waals surface area contributed by atoms with Crippen molar-refractivity contribution < 1.29 is 4.74 Å². The number of nitrogens with zero attached hydrogens (tertiary/aromatic N) is 2. The average Bonchev–Trinajstić information content (AvgIpc) is 2.98. The quantitative estimate of drug-likeness (QED) is 0.500. The van der Waals surface area contributed by atoms with E-state index in [1.54, 1.807) is 12.4 Å². The molecule has 1 aromatic rings. The molecule has 1 saturated heterocycles. The van der Waals surface area contributed by atoms with Crippen LogP contribution in [0.4, 0.5) is 0 Å². The van der Waals surface area contributed by atoms with Crippen molar-refractivity contribution in [3.63, 3.8) is 0 Å². The second-order valence-electron chi connectivity index (χ2n) is 3.23. The number of hydrogen-bond acceptors (Lipinski definition) is 3. The summed E-state index contributed by atoms with van der Waals surface area (Å²) in [5, 5.41) is 0. The Morgan fingerprint density at radius 2 is 2.38 bits per heavy atom. The van der Waals surface area contributed by atoms with Gasteiger partial charge in [0.05, 0.1) is 12.8 Å². The van der Waals surface area contributed by atoms with Crippen LogP contribution in [-0.2, 0) is 0 Å². The first-order valence-corrected chi connectivity index (χ1v) is 4.70. The minimum absolute atomic E-state index is 0.794. The van der Waals surface area contributed by atoms with Gasteiger partial charge in [-0.05, 0) is 18.6 Å². The van der Waals surface area contributed by atoms with E-state index in [-0.39, 0.29) is 0 Å². The van der Waals surface area contributed by atoms with Crippen molar-refractivity contribution >= 4 is 0 Å². The van der Waals surface area contributed by atoms with E-state index in [1.807, 2.05) is 12.1 Å². The molecule has 3 heteroatoms. The third-order valence-electron chi connectivity index (χ3n) is 2.06. The monoisotopic (exact) mass is 178 g/mol. The topological polar surface area (TPSA) is 25.1 Å². The second kappa shape index (κ2) is 4.23. The second-order valence-corrected chi connectivity index (χ2v) is 3.23. The molecule has 0 N–H and O–H groups in total. The summed E-state index contributed by atoms with van der Waals surface area (Å²) in [5.74, 6) is 0.869. The summed E-state index contributed by atoms with van der Waals surface area (Å²) >= 11 is 0. The van der Waals surface area contributed by atoms with Gasteiger partial charge in [0.15, 0.2) is 0 Å². The van der Waals surface area contributed by atoms with Crippen LogP contribution in [0.1, 0.15) is 6.42 Å². The van der Waals surface area contributed by atoms with Crippen LogP contribution in [0.15, 0.2) is 24.5 Å². The highest BCUT2D eigenvalue weighted by Crippen LogP contribution is 2.08. The molecule has 0 atom stereocenters. The summed E-state index contributed by atoms with van der Waals surface area (Å²) in [6.45, 7) is 4.50. The van der Waals surface area contributed by atoms with Crippen molar-refractivity contribution in [2.45, 2.75) is 6.42 Å². The van der Waals surface area contributed by atoms with E-state index in [1.165, 1.54) is 19.6 Å². The van der Waals surface area contributed by atoms with Gasteiger partial charge in [0.25, 0.3) is 0 Å². The van der Waals surface area contributed by atoms with Gasteiger partial charge in [-0.25, -0.2) is 0 Å². The summed E-state index contributed by atoms with van der Waals surface area (Å²) in [7, 11) is 0. The fraction of sp³-hybridized carbons (Fsp3) is 0.500.